The molecule has 3 heteroatoms. The fourth-order valence-corrected chi connectivity index (χ4v) is 2.90. The van der Waals surface area contributed by atoms with Gasteiger partial charge in [0.1, 0.15) is 0 Å². The molecule has 0 bridgehead atoms. The molecule has 3 rings (SSSR count). The molecular weight excluding hydrogens is 228 g/mol. The number of nitrogens with one attached hydrogen (secondary N) is 1. The van der Waals surface area contributed by atoms with Crippen molar-refractivity contribution < 1.29 is 0 Å². The molecule has 0 atom stereocenters. The number of piperazine rings is 1. The van der Waals surface area contributed by atoms with Gasteiger partial charge in [-0.05, 0) is 40.1 Å². The molecule has 1 aliphatic rings. The molecular formula is C14H16N2S. The average Bonchev–Trinajstić information content (AvgIpc) is 2.94. The Morgan fingerprint density at radius 2 is 1.94 bits per heavy atom. The summed E-state index contributed by atoms with van der Waals surface area (Å²) < 4.78 is 0. The van der Waals surface area contributed by atoms with Crippen molar-refractivity contribution >= 4 is 17.0 Å². The minimum atomic E-state index is 1.09. The van der Waals surface area contributed by atoms with Crippen molar-refractivity contribution in [3.8, 4) is 11.1 Å². The minimum Gasteiger partial charge on any atom is -0.369 e. The van der Waals surface area contributed by atoms with Crippen molar-refractivity contribution in [3.63, 3.8) is 0 Å². The summed E-state index contributed by atoms with van der Waals surface area (Å²) in [6.45, 7) is 4.38. The van der Waals surface area contributed by atoms with E-state index < -0.39 is 0 Å². The van der Waals surface area contributed by atoms with Crippen LogP contribution in [0.5, 0.6) is 0 Å². The van der Waals surface area contributed by atoms with E-state index in [1.165, 1.54) is 16.8 Å². The quantitative estimate of drug-likeness (QED) is 0.874. The van der Waals surface area contributed by atoms with E-state index in [0.29, 0.717) is 0 Å². The van der Waals surface area contributed by atoms with E-state index in [1.54, 1.807) is 11.3 Å². The molecule has 2 aromatic rings. The first-order valence-corrected chi connectivity index (χ1v) is 6.96. The third-order valence-electron chi connectivity index (χ3n) is 3.18. The van der Waals surface area contributed by atoms with Crippen LogP contribution >= 0.6 is 11.3 Å². The predicted octanol–water partition coefficient (Wildman–Crippen LogP) is 2.82. The molecule has 2 nitrogen and oxygen atoms in total. The van der Waals surface area contributed by atoms with Gasteiger partial charge in [0.05, 0.1) is 0 Å². The van der Waals surface area contributed by atoms with Gasteiger partial charge in [-0.3, -0.25) is 0 Å². The zero-order valence-electron chi connectivity index (χ0n) is 9.73. The molecule has 2 heterocycles. The van der Waals surface area contributed by atoms with E-state index in [-0.39, 0.29) is 0 Å². The highest BCUT2D eigenvalue weighted by Gasteiger charge is 2.10. The third kappa shape index (κ3) is 2.35. The molecule has 0 aliphatic carbocycles. The number of thiophene rings is 1. The highest BCUT2D eigenvalue weighted by molar-refractivity contribution is 7.08. The predicted molar refractivity (Wildman–Crippen MR) is 74.8 cm³/mol. The molecule has 0 spiro atoms. The van der Waals surface area contributed by atoms with Gasteiger partial charge in [-0.2, -0.15) is 11.3 Å². The largest absolute Gasteiger partial charge is 0.369 e. The van der Waals surface area contributed by atoms with Gasteiger partial charge >= 0.3 is 0 Å². The number of anilines is 1. The molecule has 17 heavy (non-hydrogen) atoms. The Bertz CT molecular complexity index is 473. The monoisotopic (exact) mass is 244 g/mol. The van der Waals surface area contributed by atoms with Gasteiger partial charge < -0.3 is 10.2 Å². The van der Waals surface area contributed by atoms with Crippen molar-refractivity contribution in [2.24, 2.45) is 0 Å². The van der Waals surface area contributed by atoms with Crippen LogP contribution in [0.3, 0.4) is 0 Å². The second-order valence-corrected chi connectivity index (χ2v) is 5.08. The number of nitrogens with zero attached hydrogens (tertiary/aromatic N) is 1. The first kappa shape index (κ1) is 10.8. The lowest BCUT2D eigenvalue weighted by molar-refractivity contribution is 0.589. The Morgan fingerprint density at radius 3 is 2.71 bits per heavy atom. The van der Waals surface area contributed by atoms with Gasteiger partial charge in [0.25, 0.3) is 0 Å². The molecule has 1 saturated heterocycles. The number of rotatable bonds is 2. The summed E-state index contributed by atoms with van der Waals surface area (Å²) in [7, 11) is 0. The van der Waals surface area contributed by atoms with Crippen LogP contribution in [0.2, 0.25) is 0 Å². The fourth-order valence-electron chi connectivity index (χ4n) is 2.23. The number of benzene rings is 1. The summed E-state index contributed by atoms with van der Waals surface area (Å²) in [5, 5.41) is 7.72. The molecule has 1 aromatic heterocycles. The van der Waals surface area contributed by atoms with E-state index in [2.05, 4.69) is 51.3 Å². The van der Waals surface area contributed by atoms with Crippen molar-refractivity contribution in [2.75, 3.05) is 31.1 Å². The fraction of sp³-hybridized carbons (Fsp3) is 0.286. The normalized spacial score (nSPS) is 16.1. The van der Waals surface area contributed by atoms with Crippen LogP contribution in [-0.4, -0.2) is 26.2 Å². The third-order valence-corrected chi connectivity index (χ3v) is 3.87. The van der Waals surface area contributed by atoms with Crippen LogP contribution in [0, 0.1) is 0 Å². The minimum absolute atomic E-state index is 1.09. The standard InChI is InChI=1S/C14H16N2S/c1-2-12(13-4-9-17-11-13)10-14(3-1)16-7-5-15-6-8-16/h1-4,9-11,15H,5-8H2. The van der Waals surface area contributed by atoms with E-state index >= 15 is 0 Å². The summed E-state index contributed by atoms with van der Waals surface area (Å²) in [5.74, 6) is 0. The van der Waals surface area contributed by atoms with E-state index in [9.17, 15) is 0 Å². The highest BCUT2D eigenvalue weighted by Crippen LogP contribution is 2.26. The van der Waals surface area contributed by atoms with Gasteiger partial charge in [0.15, 0.2) is 0 Å². The van der Waals surface area contributed by atoms with Gasteiger partial charge in [-0.1, -0.05) is 12.1 Å². The molecule has 1 aromatic carbocycles. The summed E-state index contributed by atoms with van der Waals surface area (Å²) >= 11 is 1.75. The van der Waals surface area contributed by atoms with Crippen LogP contribution in [0.4, 0.5) is 5.69 Å². The molecule has 1 aliphatic heterocycles. The van der Waals surface area contributed by atoms with E-state index in [0.717, 1.165) is 26.2 Å². The van der Waals surface area contributed by atoms with Crippen LogP contribution in [0.25, 0.3) is 11.1 Å². The number of hydrogen-bond acceptors (Lipinski definition) is 3. The zero-order valence-corrected chi connectivity index (χ0v) is 10.5. The SMILES string of the molecule is c1cc(-c2ccsc2)cc(N2CCNCC2)c1. The van der Waals surface area contributed by atoms with Crippen LogP contribution in [0.15, 0.2) is 41.1 Å². The summed E-state index contributed by atoms with van der Waals surface area (Å²) in [6.07, 6.45) is 0. The van der Waals surface area contributed by atoms with Crippen LogP contribution in [0.1, 0.15) is 0 Å². The lowest BCUT2D eigenvalue weighted by atomic mass is 10.1. The van der Waals surface area contributed by atoms with Gasteiger partial charge in [-0.25, -0.2) is 0 Å². The first-order chi connectivity index (χ1) is 8.43. The Morgan fingerprint density at radius 1 is 1.06 bits per heavy atom. The Kier molecular flexibility index (Phi) is 3.12. The van der Waals surface area contributed by atoms with Crippen molar-refractivity contribution in [3.05, 3.63) is 41.1 Å². The Labute approximate surface area is 106 Å². The second-order valence-electron chi connectivity index (χ2n) is 4.30. The summed E-state index contributed by atoms with van der Waals surface area (Å²) in [4.78, 5) is 2.45. The van der Waals surface area contributed by atoms with E-state index in [4.69, 9.17) is 0 Å². The molecule has 1 fully saturated rings. The Balaban J connectivity index is 1.88. The summed E-state index contributed by atoms with van der Waals surface area (Å²) in [5.41, 5.74) is 3.99. The van der Waals surface area contributed by atoms with Crippen LogP contribution < -0.4 is 10.2 Å². The lowest BCUT2D eigenvalue weighted by Gasteiger charge is -2.29. The molecule has 0 radical (unpaired) electrons. The smallest absolute Gasteiger partial charge is 0.0373 e. The van der Waals surface area contributed by atoms with E-state index in [1.807, 2.05) is 0 Å². The van der Waals surface area contributed by atoms with Gasteiger partial charge in [0, 0.05) is 31.9 Å². The molecule has 0 unspecified atom stereocenters. The maximum absolute atomic E-state index is 3.39. The van der Waals surface area contributed by atoms with Crippen LogP contribution in [-0.2, 0) is 0 Å². The highest BCUT2D eigenvalue weighted by atomic mass is 32.1. The lowest BCUT2D eigenvalue weighted by Crippen LogP contribution is -2.43. The van der Waals surface area contributed by atoms with Crippen molar-refractivity contribution in [1.82, 2.24) is 5.32 Å². The summed E-state index contributed by atoms with van der Waals surface area (Å²) in [6, 6.07) is 11.0. The maximum atomic E-state index is 3.39. The topological polar surface area (TPSA) is 15.3 Å². The first-order valence-electron chi connectivity index (χ1n) is 6.02. The molecule has 1 N–H and O–H groups in total. The van der Waals surface area contributed by atoms with Crippen molar-refractivity contribution in [2.45, 2.75) is 0 Å². The molecule has 0 amide bonds. The maximum Gasteiger partial charge on any atom is 0.0373 e. The second kappa shape index (κ2) is 4.90. The zero-order chi connectivity index (χ0) is 11.5. The molecule has 88 valence electrons. The van der Waals surface area contributed by atoms with Gasteiger partial charge in [-0.15, -0.1) is 0 Å². The average molecular weight is 244 g/mol. The molecule has 0 saturated carbocycles. The number of hydrogen-bond donors (Lipinski definition) is 1. The van der Waals surface area contributed by atoms with Crippen molar-refractivity contribution in [1.29, 1.82) is 0 Å². The Hall–Kier alpha value is -1.32. The van der Waals surface area contributed by atoms with Gasteiger partial charge in [0.2, 0.25) is 0 Å².